The number of ketones is 1. The van der Waals surface area contributed by atoms with E-state index in [1.54, 1.807) is 19.3 Å². The van der Waals surface area contributed by atoms with Gasteiger partial charge in [-0.05, 0) is 81.2 Å². The van der Waals surface area contributed by atoms with Crippen LogP contribution < -0.4 is 14.2 Å². The SMILES string of the molecule is COc1ccc(/C=C2\Oc3cc(OCCCCN4CCCC4)ccc3C2=O)cc1. The summed E-state index contributed by atoms with van der Waals surface area (Å²) in [6.07, 6.45) is 6.59. The van der Waals surface area contributed by atoms with E-state index >= 15 is 0 Å². The lowest BCUT2D eigenvalue weighted by Gasteiger charge is -2.14. The van der Waals surface area contributed by atoms with Crippen molar-refractivity contribution < 1.29 is 19.0 Å². The zero-order valence-corrected chi connectivity index (χ0v) is 16.9. The molecule has 0 radical (unpaired) electrons. The highest BCUT2D eigenvalue weighted by molar-refractivity contribution is 6.14. The number of allylic oxidation sites excluding steroid dienone is 1. The van der Waals surface area contributed by atoms with E-state index in [9.17, 15) is 4.79 Å². The Hall–Kier alpha value is -2.79. The first-order valence-corrected chi connectivity index (χ1v) is 10.3. The zero-order valence-electron chi connectivity index (χ0n) is 16.9. The van der Waals surface area contributed by atoms with Crippen molar-refractivity contribution in [2.45, 2.75) is 25.7 Å². The fourth-order valence-electron chi connectivity index (χ4n) is 3.74. The first-order chi connectivity index (χ1) is 14.2. The van der Waals surface area contributed by atoms with E-state index in [0.29, 0.717) is 23.7 Å². The highest BCUT2D eigenvalue weighted by atomic mass is 16.5. The molecule has 1 fully saturated rings. The Morgan fingerprint density at radius 3 is 2.55 bits per heavy atom. The van der Waals surface area contributed by atoms with Gasteiger partial charge in [-0.1, -0.05) is 12.1 Å². The molecule has 0 spiro atoms. The third-order valence-corrected chi connectivity index (χ3v) is 5.39. The Kier molecular flexibility index (Phi) is 6.15. The van der Waals surface area contributed by atoms with Gasteiger partial charge in [0.25, 0.3) is 0 Å². The number of likely N-dealkylation sites (tertiary alicyclic amines) is 1. The molecule has 2 aromatic rings. The summed E-state index contributed by atoms with van der Waals surface area (Å²) in [4.78, 5) is 15.1. The molecule has 5 nitrogen and oxygen atoms in total. The van der Waals surface area contributed by atoms with E-state index < -0.39 is 0 Å². The molecule has 0 bridgehead atoms. The van der Waals surface area contributed by atoms with Crippen LogP contribution in [0.15, 0.2) is 48.2 Å². The van der Waals surface area contributed by atoms with Crippen LogP contribution in [0.4, 0.5) is 0 Å². The van der Waals surface area contributed by atoms with Crippen LogP contribution in [0.25, 0.3) is 6.08 Å². The van der Waals surface area contributed by atoms with Crippen molar-refractivity contribution in [3.63, 3.8) is 0 Å². The second kappa shape index (κ2) is 9.14. The van der Waals surface area contributed by atoms with E-state index in [2.05, 4.69) is 4.90 Å². The van der Waals surface area contributed by atoms with Gasteiger partial charge in [0.05, 0.1) is 19.3 Å². The Bertz CT molecular complexity index is 882. The van der Waals surface area contributed by atoms with E-state index in [4.69, 9.17) is 14.2 Å². The number of rotatable bonds is 8. The number of methoxy groups -OCH3 is 1. The number of carbonyl (C=O) groups excluding carboxylic acids is 1. The number of fused-ring (bicyclic) bond motifs is 1. The first kappa shape index (κ1) is 19.5. The Balaban J connectivity index is 1.32. The average molecular weight is 393 g/mol. The molecule has 2 heterocycles. The van der Waals surface area contributed by atoms with Gasteiger partial charge in [-0.25, -0.2) is 0 Å². The molecular weight excluding hydrogens is 366 g/mol. The summed E-state index contributed by atoms with van der Waals surface area (Å²) < 4.78 is 16.8. The fraction of sp³-hybridized carbons (Fsp3) is 0.375. The number of unbranched alkanes of at least 4 members (excludes halogenated alkanes) is 1. The molecule has 0 amide bonds. The van der Waals surface area contributed by atoms with Gasteiger partial charge in [0, 0.05) is 6.07 Å². The molecule has 2 aromatic carbocycles. The van der Waals surface area contributed by atoms with Crippen LogP contribution >= 0.6 is 0 Å². The van der Waals surface area contributed by atoms with Crippen molar-refractivity contribution in [2.75, 3.05) is 33.4 Å². The molecule has 2 aliphatic heterocycles. The van der Waals surface area contributed by atoms with E-state index in [-0.39, 0.29) is 5.78 Å². The lowest BCUT2D eigenvalue weighted by molar-refractivity contribution is 0.101. The van der Waals surface area contributed by atoms with Crippen molar-refractivity contribution >= 4 is 11.9 Å². The van der Waals surface area contributed by atoms with Gasteiger partial charge in [-0.15, -0.1) is 0 Å². The number of benzene rings is 2. The predicted octanol–water partition coefficient (Wildman–Crippen LogP) is 4.57. The maximum atomic E-state index is 12.6. The molecule has 0 aliphatic carbocycles. The lowest BCUT2D eigenvalue weighted by Crippen LogP contribution is -2.20. The maximum Gasteiger partial charge on any atom is 0.231 e. The van der Waals surface area contributed by atoms with Crippen molar-refractivity contribution in [1.29, 1.82) is 0 Å². The van der Waals surface area contributed by atoms with Crippen molar-refractivity contribution in [3.8, 4) is 17.2 Å². The van der Waals surface area contributed by atoms with E-state index in [0.717, 1.165) is 36.4 Å². The normalized spacial score (nSPS) is 17.4. The van der Waals surface area contributed by atoms with Gasteiger partial charge in [0.2, 0.25) is 5.78 Å². The number of Topliss-reactive ketones (excluding diaryl/α,β-unsaturated/α-hetero) is 1. The third-order valence-electron chi connectivity index (χ3n) is 5.39. The summed E-state index contributed by atoms with van der Waals surface area (Å²) in [6, 6.07) is 12.9. The van der Waals surface area contributed by atoms with Crippen LogP contribution in [-0.4, -0.2) is 44.0 Å². The molecular formula is C24H27NO4. The van der Waals surface area contributed by atoms with Gasteiger partial charge in [-0.2, -0.15) is 0 Å². The molecule has 5 heteroatoms. The summed E-state index contributed by atoms with van der Waals surface area (Å²) in [5, 5.41) is 0. The first-order valence-electron chi connectivity index (χ1n) is 10.3. The molecule has 0 atom stereocenters. The molecule has 0 unspecified atom stereocenters. The zero-order chi connectivity index (χ0) is 20.1. The quantitative estimate of drug-likeness (QED) is 0.486. The van der Waals surface area contributed by atoms with Gasteiger partial charge >= 0.3 is 0 Å². The second-order valence-electron chi connectivity index (χ2n) is 7.48. The Morgan fingerprint density at radius 2 is 1.79 bits per heavy atom. The average Bonchev–Trinajstić information content (AvgIpc) is 3.37. The van der Waals surface area contributed by atoms with Crippen LogP contribution in [0.3, 0.4) is 0 Å². The molecule has 4 rings (SSSR count). The van der Waals surface area contributed by atoms with Gasteiger partial charge in [0.15, 0.2) is 5.76 Å². The van der Waals surface area contributed by atoms with Crippen LogP contribution in [-0.2, 0) is 0 Å². The van der Waals surface area contributed by atoms with Crippen LogP contribution in [0, 0.1) is 0 Å². The summed E-state index contributed by atoms with van der Waals surface area (Å²) in [5.41, 5.74) is 1.46. The number of hydrogen-bond donors (Lipinski definition) is 0. The fourth-order valence-corrected chi connectivity index (χ4v) is 3.74. The lowest BCUT2D eigenvalue weighted by atomic mass is 10.1. The Labute approximate surface area is 171 Å². The van der Waals surface area contributed by atoms with Gasteiger partial charge in [0.1, 0.15) is 17.2 Å². The summed E-state index contributed by atoms with van der Waals surface area (Å²) >= 11 is 0. The second-order valence-corrected chi connectivity index (χ2v) is 7.48. The summed E-state index contributed by atoms with van der Waals surface area (Å²) in [7, 11) is 1.63. The van der Waals surface area contributed by atoms with Gasteiger partial charge < -0.3 is 19.1 Å². The van der Waals surface area contributed by atoms with E-state index in [1.165, 1.54) is 25.9 Å². The van der Waals surface area contributed by atoms with Crippen molar-refractivity contribution in [2.24, 2.45) is 0 Å². The number of ether oxygens (including phenoxy) is 3. The minimum Gasteiger partial charge on any atom is -0.497 e. The van der Waals surface area contributed by atoms with Gasteiger partial charge in [-0.3, -0.25) is 4.79 Å². The summed E-state index contributed by atoms with van der Waals surface area (Å²) in [5.74, 6) is 2.30. The standard InChI is InChI=1S/C24H27NO4/c1-27-19-8-6-18(7-9-19)16-23-24(26)21-11-10-20(17-22(21)29-23)28-15-5-4-14-25-12-2-3-13-25/h6-11,16-17H,2-5,12-15H2,1H3/b23-16-. The molecule has 152 valence electrons. The largest absolute Gasteiger partial charge is 0.497 e. The van der Waals surface area contributed by atoms with E-state index in [1.807, 2.05) is 36.4 Å². The molecule has 2 aliphatic rings. The number of hydrogen-bond acceptors (Lipinski definition) is 5. The molecule has 1 saturated heterocycles. The van der Waals surface area contributed by atoms with Crippen molar-refractivity contribution in [1.82, 2.24) is 4.90 Å². The molecule has 0 aromatic heterocycles. The number of nitrogens with zero attached hydrogens (tertiary/aromatic N) is 1. The summed E-state index contributed by atoms with van der Waals surface area (Å²) in [6.45, 7) is 4.31. The minimum absolute atomic E-state index is 0.104. The number of carbonyl (C=O) groups is 1. The highest BCUT2D eigenvalue weighted by Gasteiger charge is 2.27. The highest BCUT2D eigenvalue weighted by Crippen LogP contribution is 2.35. The Morgan fingerprint density at radius 1 is 1.03 bits per heavy atom. The monoisotopic (exact) mass is 393 g/mol. The minimum atomic E-state index is -0.104. The van der Waals surface area contributed by atoms with Crippen LogP contribution in [0.1, 0.15) is 41.6 Å². The topological polar surface area (TPSA) is 48.0 Å². The predicted molar refractivity (Wildman–Crippen MR) is 113 cm³/mol. The molecule has 0 N–H and O–H groups in total. The molecule has 29 heavy (non-hydrogen) atoms. The van der Waals surface area contributed by atoms with Crippen LogP contribution in [0.2, 0.25) is 0 Å². The van der Waals surface area contributed by atoms with Crippen molar-refractivity contribution in [3.05, 3.63) is 59.4 Å². The third kappa shape index (κ3) is 4.80. The van der Waals surface area contributed by atoms with Crippen LogP contribution in [0.5, 0.6) is 17.2 Å². The smallest absolute Gasteiger partial charge is 0.231 e. The molecule has 0 saturated carbocycles. The maximum absolute atomic E-state index is 12.6.